The largest absolute Gasteiger partial charge is 0.379 e. The van der Waals surface area contributed by atoms with Gasteiger partial charge in [-0.1, -0.05) is 171 Å². The van der Waals surface area contributed by atoms with Gasteiger partial charge >= 0.3 is 0 Å². The zero-order chi connectivity index (χ0) is 96.5. The number of hydrogen-bond acceptors (Lipinski definition) is 23. The van der Waals surface area contributed by atoms with E-state index in [4.69, 9.17) is 22.1 Å². The summed E-state index contributed by atoms with van der Waals surface area (Å²) in [6.45, 7) is 8.54. The van der Waals surface area contributed by atoms with Crippen LogP contribution in [0.1, 0.15) is 136 Å². The van der Waals surface area contributed by atoms with Gasteiger partial charge in [0.1, 0.15) is 71.2 Å². The van der Waals surface area contributed by atoms with Gasteiger partial charge in [0.25, 0.3) is 11.8 Å². The minimum absolute atomic E-state index is 0.00408. The zero-order valence-corrected chi connectivity index (χ0v) is 76.0. The van der Waals surface area contributed by atoms with Gasteiger partial charge in [0.05, 0.1) is 57.0 Å². The molecule has 694 valence electrons. The van der Waals surface area contributed by atoms with Crippen LogP contribution in [0.2, 0.25) is 5.02 Å². The van der Waals surface area contributed by atoms with Crippen molar-refractivity contribution in [3.63, 3.8) is 0 Å². The Labute approximate surface area is 801 Å². The lowest BCUT2D eigenvalue weighted by Crippen LogP contribution is -2.35. The SMILES string of the molecule is CC(C)CCCC(=O)Nc1ccc(Nc2ncnc3[nH]cc(C(=O)c4ccccc4)c23)cc1.NC(=O)CCC(=O)Nc1ccc(Nc2ncnc3[nH]cc(C(=O)c4ccccc4)c23)cc1.O=C(Nc1ccc(Nc2ncnc3[nH]cc(C(=O)c4ccccc4)c23)cc1)c1ccc(CN2CCOCC2)cc1.O=C(Nc1cccc(Nc2ncnc3[nH]cc(C(=O)c4ccccc4)c23)c1)c1ccc(Cl)cc1. The molecule has 1 fully saturated rings. The fourth-order valence-electron chi connectivity index (χ4n) is 15.2. The highest BCUT2D eigenvalue weighted by atomic mass is 35.5. The first kappa shape index (κ1) is 94.3. The van der Waals surface area contributed by atoms with Crippen molar-refractivity contribution in [1.82, 2.24) is 64.7 Å². The molecule has 0 atom stereocenters. The number of aromatic amines is 4. The second kappa shape index (κ2) is 45.2. The molecule has 0 unspecified atom stereocenters. The molecule has 19 rings (SSSR count). The van der Waals surface area contributed by atoms with Gasteiger partial charge in [0, 0.05) is 148 Å². The van der Waals surface area contributed by atoms with E-state index in [1.807, 2.05) is 158 Å². The molecule has 33 heteroatoms. The number of aromatic nitrogens is 12. The number of fused-ring (bicyclic) bond motifs is 4. The molecule has 14 N–H and O–H groups in total. The molecule has 18 aromatic rings. The molecular formula is C106H93ClN22O10. The monoisotopic (exact) mass is 1870 g/mol. The second-order valence-electron chi connectivity index (χ2n) is 32.5. The van der Waals surface area contributed by atoms with Crippen molar-refractivity contribution in [1.29, 1.82) is 0 Å². The lowest BCUT2D eigenvalue weighted by Gasteiger charge is -2.26. The number of H-pyrrole nitrogens is 4. The summed E-state index contributed by atoms with van der Waals surface area (Å²) in [5, 5.41) is 27.5. The Morgan fingerprint density at radius 3 is 1.04 bits per heavy atom. The number of rotatable bonds is 31. The van der Waals surface area contributed by atoms with Crippen molar-refractivity contribution in [3.8, 4) is 0 Å². The Morgan fingerprint density at radius 2 is 0.676 bits per heavy atom. The zero-order valence-electron chi connectivity index (χ0n) is 75.2. The minimum atomic E-state index is -0.522. The third-order valence-corrected chi connectivity index (χ3v) is 22.5. The molecule has 0 spiro atoms. The first-order chi connectivity index (χ1) is 67.7. The Morgan fingerprint density at radius 1 is 0.353 bits per heavy atom. The smallest absolute Gasteiger partial charge is 0.255 e. The molecule has 0 aliphatic carbocycles. The summed E-state index contributed by atoms with van der Waals surface area (Å²) in [4.78, 5) is 161. The van der Waals surface area contributed by atoms with E-state index in [1.54, 1.807) is 134 Å². The Bertz CT molecular complexity index is 7410. The summed E-state index contributed by atoms with van der Waals surface area (Å²) in [7, 11) is 0. The molecule has 8 aromatic heterocycles. The predicted molar refractivity (Wildman–Crippen MR) is 538 cm³/mol. The highest BCUT2D eigenvalue weighted by Crippen LogP contribution is 2.35. The van der Waals surface area contributed by atoms with Crippen LogP contribution < -0.4 is 48.3 Å². The minimum Gasteiger partial charge on any atom is -0.379 e. The summed E-state index contributed by atoms with van der Waals surface area (Å²) in [6.07, 6.45) is 14.8. The molecule has 1 aliphatic rings. The van der Waals surface area contributed by atoms with Crippen LogP contribution in [-0.2, 0) is 25.7 Å². The number of nitrogens with one attached hydrogen (secondary N) is 12. The van der Waals surface area contributed by atoms with Gasteiger partial charge in [-0.15, -0.1) is 0 Å². The number of nitrogens with zero attached hydrogens (tertiary/aromatic N) is 9. The van der Waals surface area contributed by atoms with E-state index in [0.717, 1.165) is 62.8 Å². The Kier molecular flexibility index (Phi) is 30.7. The van der Waals surface area contributed by atoms with Crippen LogP contribution in [0.25, 0.3) is 44.1 Å². The number of ketones is 4. The van der Waals surface area contributed by atoms with Crippen molar-refractivity contribution < 1.29 is 47.9 Å². The van der Waals surface area contributed by atoms with E-state index in [1.165, 1.54) is 30.9 Å². The lowest BCUT2D eigenvalue weighted by atomic mass is 10.0. The van der Waals surface area contributed by atoms with E-state index in [2.05, 4.69) is 121 Å². The molecule has 32 nitrogen and oxygen atoms in total. The fraction of sp³-hybridized carbons (Fsp3) is 0.123. The number of morpholine rings is 1. The van der Waals surface area contributed by atoms with E-state index < -0.39 is 5.91 Å². The number of carbonyl (C=O) groups excluding carboxylic acids is 9. The highest BCUT2D eigenvalue weighted by molar-refractivity contribution is 6.30. The number of primary amides is 1. The summed E-state index contributed by atoms with van der Waals surface area (Å²) in [5.41, 5.74) is 19.3. The molecule has 1 saturated heterocycles. The van der Waals surface area contributed by atoms with Gasteiger partial charge in [-0.3, -0.25) is 48.1 Å². The summed E-state index contributed by atoms with van der Waals surface area (Å²) in [5.74, 6) is 0.900. The van der Waals surface area contributed by atoms with E-state index in [9.17, 15) is 43.2 Å². The van der Waals surface area contributed by atoms with Gasteiger partial charge in [0.2, 0.25) is 17.7 Å². The first-order valence-electron chi connectivity index (χ1n) is 44.6. The topological polar surface area (TPSA) is 455 Å². The first-order valence-corrected chi connectivity index (χ1v) is 44.9. The normalized spacial score (nSPS) is 11.6. The Hall–Kier alpha value is -17.9. The quantitative estimate of drug-likeness (QED) is 0.0179. The van der Waals surface area contributed by atoms with Crippen LogP contribution in [0.3, 0.4) is 0 Å². The van der Waals surface area contributed by atoms with Crippen LogP contribution >= 0.6 is 11.6 Å². The van der Waals surface area contributed by atoms with Crippen LogP contribution in [-0.4, -0.2) is 144 Å². The van der Waals surface area contributed by atoms with Crippen LogP contribution in [0, 0.1) is 5.92 Å². The van der Waals surface area contributed by atoms with Crippen molar-refractivity contribution in [2.75, 3.05) is 68.8 Å². The number of amides is 5. The van der Waals surface area contributed by atoms with E-state index in [0.29, 0.717) is 169 Å². The van der Waals surface area contributed by atoms with Crippen LogP contribution in [0.4, 0.5) is 68.8 Å². The van der Waals surface area contributed by atoms with Crippen molar-refractivity contribution in [2.24, 2.45) is 11.7 Å². The molecule has 10 aromatic carbocycles. The fourth-order valence-corrected chi connectivity index (χ4v) is 15.3. The second-order valence-corrected chi connectivity index (χ2v) is 33.0. The number of anilines is 12. The van der Waals surface area contributed by atoms with Gasteiger partial charge in [-0.05, 0) is 145 Å². The number of hydrogen-bond donors (Lipinski definition) is 13. The maximum Gasteiger partial charge on any atom is 0.255 e. The van der Waals surface area contributed by atoms with Gasteiger partial charge in [-0.25, -0.2) is 39.9 Å². The molecule has 0 bridgehead atoms. The molecular weight excluding hydrogens is 1780 g/mol. The lowest BCUT2D eigenvalue weighted by molar-refractivity contribution is -0.122. The van der Waals surface area contributed by atoms with Crippen molar-refractivity contribution >= 4 is 177 Å². The third-order valence-electron chi connectivity index (χ3n) is 22.3. The summed E-state index contributed by atoms with van der Waals surface area (Å²) in [6, 6.07) is 79.6. The highest BCUT2D eigenvalue weighted by Gasteiger charge is 2.25. The molecule has 139 heavy (non-hydrogen) atoms. The number of halogens is 1. The van der Waals surface area contributed by atoms with Gasteiger partial charge in [0.15, 0.2) is 23.1 Å². The third kappa shape index (κ3) is 24.6. The average molecular weight is 1870 g/mol. The van der Waals surface area contributed by atoms with Gasteiger partial charge < -0.3 is 72.9 Å². The molecule has 1 aliphatic heterocycles. The summed E-state index contributed by atoms with van der Waals surface area (Å²) >= 11 is 5.90. The van der Waals surface area contributed by atoms with Crippen LogP contribution in [0.5, 0.6) is 0 Å². The van der Waals surface area contributed by atoms with Gasteiger partial charge in [-0.2, -0.15) is 0 Å². The number of carbonyl (C=O) groups is 9. The van der Waals surface area contributed by atoms with E-state index >= 15 is 0 Å². The standard InChI is InChI=1S/C31H28N6O3.C26H18ClN5O2.C26H27N5O2.C23H20N6O3/c38-28(22-4-2-1-3-5-22)26-18-32-29-27(26)30(34-20-33-29)35-24-10-12-25(13-11-24)36-31(39)23-8-6-21(7-9-23)19-37-14-16-40-17-15-37;27-18-11-9-17(10-12-18)26(34)32-20-8-4-7-19(13-20)31-25-22-21(14-28-24(22)29-15-30-25)23(33)16-5-2-1-3-6-16;1-17(2)7-6-10-22(32)30-19-11-13-20(14-12-19)31-26-23-21(15-27-25(23)28-16-29-26)24(33)18-8-4-3-5-9-18;24-18(30)10-11-19(31)28-15-6-8-16(9-7-15)29-23-20-17(12-25-22(20)26-13-27-23)21(32)14-4-2-1-3-5-14/h1-13,18,20H,14-17,19H2,(H,36,39)(H2,32,33,34,35);1-15H,(H,32,34)(H2,28,29,30,31);3-5,8-9,11-17H,6-7,10H2,1-2H3,(H,30,32)(H2,27,28,29,31);1-9,12-13H,10-11H2,(H2,24,30)(H,28,31)(H2,25,26,27,29). The molecule has 0 saturated carbocycles. The van der Waals surface area contributed by atoms with E-state index in [-0.39, 0.29) is 59.6 Å². The summed E-state index contributed by atoms with van der Waals surface area (Å²) < 4.78 is 5.41. The van der Waals surface area contributed by atoms with Crippen molar-refractivity contribution in [3.05, 3.63) is 383 Å². The maximum atomic E-state index is 13.1. The number of ether oxygens (including phenoxy) is 1. The average Bonchev–Trinajstić information content (AvgIpc) is 1.66. The molecule has 9 heterocycles. The number of benzene rings is 10. The Balaban J connectivity index is 0.000000134. The van der Waals surface area contributed by atoms with Crippen LogP contribution in [0.15, 0.2) is 317 Å². The molecule has 5 amide bonds. The molecule has 0 radical (unpaired) electrons. The maximum absolute atomic E-state index is 13.1. The van der Waals surface area contributed by atoms with Crippen molar-refractivity contribution in [2.45, 2.75) is 52.5 Å². The number of nitrogens with two attached hydrogens (primary N) is 1. The predicted octanol–water partition coefficient (Wildman–Crippen LogP) is 19.7.